The molecular weight excluding hydrogens is 393 g/mol. The number of carbonyl (C=O) groups is 2. The molecule has 10 heteroatoms. The molecule has 28 heavy (non-hydrogen) atoms. The molecule has 0 saturated carbocycles. The molecule has 1 heterocycles. The molecule has 1 aliphatic rings. The van der Waals surface area contributed by atoms with Crippen molar-refractivity contribution in [3.63, 3.8) is 0 Å². The predicted molar refractivity (Wildman–Crippen MR) is 102 cm³/mol. The van der Waals surface area contributed by atoms with Crippen molar-refractivity contribution >= 4 is 40.1 Å². The van der Waals surface area contributed by atoms with E-state index in [1.165, 1.54) is 12.1 Å². The number of benzene rings is 2. The third kappa shape index (κ3) is 5.26. The molecule has 1 saturated heterocycles. The number of amides is 2. The van der Waals surface area contributed by atoms with Gasteiger partial charge in [-0.2, -0.15) is 13.2 Å². The summed E-state index contributed by atoms with van der Waals surface area (Å²) in [5, 5.41) is 8.60. The van der Waals surface area contributed by atoms with E-state index in [4.69, 9.17) is 0 Å². The molecule has 146 valence electrons. The topological polar surface area (TPSA) is 82.6 Å². The number of halogens is 3. The number of rotatable bonds is 5. The molecule has 3 rings (SSSR count). The number of hydrogen-bond donors (Lipinski definition) is 3. The number of thioether (sulfide) groups is 1. The zero-order valence-electron chi connectivity index (χ0n) is 14.3. The second kappa shape index (κ2) is 8.34. The lowest BCUT2D eigenvalue weighted by molar-refractivity contribution is -0.137. The summed E-state index contributed by atoms with van der Waals surface area (Å²) in [5.74, 6) is -0.956. The van der Waals surface area contributed by atoms with Crippen molar-refractivity contribution in [2.24, 2.45) is 5.10 Å². The number of amidine groups is 1. The van der Waals surface area contributed by atoms with Gasteiger partial charge in [-0.1, -0.05) is 36.0 Å². The van der Waals surface area contributed by atoms with Gasteiger partial charge in [0.15, 0.2) is 5.17 Å². The van der Waals surface area contributed by atoms with Crippen LogP contribution in [0.25, 0.3) is 0 Å². The summed E-state index contributed by atoms with van der Waals surface area (Å²) in [7, 11) is 0. The van der Waals surface area contributed by atoms with Crippen molar-refractivity contribution in [3.05, 3.63) is 60.2 Å². The Morgan fingerprint density at radius 1 is 1.11 bits per heavy atom. The molecule has 1 fully saturated rings. The third-order valence-electron chi connectivity index (χ3n) is 3.68. The summed E-state index contributed by atoms with van der Waals surface area (Å²) in [4.78, 5) is 24.1. The number of para-hydroxylation sites is 1. The molecule has 0 unspecified atom stereocenters. The Morgan fingerprint density at radius 2 is 1.82 bits per heavy atom. The Balaban J connectivity index is 1.56. The van der Waals surface area contributed by atoms with Crippen molar-refractivity contribution in [1.82, 2.24) is 5.32 Å². The second-order valence-electron chi connectivity index (χ2n) is 5.82. The van der Waals surface area contributed by atoms with Crippen LogP contribution in [0.3, 0.4) is 0 Å². The lowest BCUT2D eigenvalue weighted by Crippen LogP contribution is -2.28. The Morgan fingerprint density at radius 3 is 2.54 bits per heavy atom. The minimum absolute atomic E-state index is 0.0165. The van der Waals surface area contributed by atoms with Crippen molar-refractivity contribution in [1.29, 1.82) is 0 Å². The zero-order valence-corrected chi connectivity index (χ0v) is 15.1. The molecule has 1 atom stereocenters. The molecule has 0 aromatic heterocycles. The maximum atomic E-state index is 12.7. The van der Waals surface area contributed by atoms with Crippen molar-refractivity contribution in [3.8, 4) is 0 Å². The smallest absolute Gasteiger partial charge is 0.326 e. The van der Waals surface area contributed by atoms with Gasteiger partial charge in [-0.3, -0.25) is 15.0 Å². The minimum Gasteiger partial charge on any atom is -0.326 e. The normalized spacial score (nSPS) is 18.0. The van der Waals surface area contributed by atoms with Gasteiger partial charge in [-0.15, -0.1) is 5.10 Å². The zero-order chi connectivity index (χ0) is 20.1. The number of hydrogen-bond acceptors (Lipinski definition) is 5. The lowest BCUT2D eigenvalue weighted by Gasteiger charge is -2.10. The maximum Gasteiger partial charge on any atom is 0.416 e. The quantitative estimate of drug-likeness (QED) is 0.660. The highest BCUT2D eigenvalue weighted by Crippen LogP contribution is 2.31. The predicted octanol–water partition coefficient (Wildman–Crippen LogP) is 3.65. The van der Waals surface area contributed by atoms with Crippen LogP contribution < -0.4 is 16.1 Å². The van der Waals surface area contributed by atoms with Gasteiger partial charge in [-0.25, -0.2) is 0 Å². The van der Waals surface area contributed by atoms with Crippen LogP contribution in [0.5, 0.6) is 0 Å². The highest BCUT2D eigenvalue weighted by atomic mass is 32.2. The average molecular weight is 408 g/mol. The fraction of sp³-hybridized carbons (Fsp3) is 0.167. The van der Waals surface area contributed by atoms with Gasteiger partial charge in [0.05, 0.1) is 11.3 Å². The number of alkyl halides is 3. The Hall–Kier alpha value is -3.01. The second-order valence-corrected chi connectivity index (χ2v) is 7.01. The van der Waals surface area contributed by atoms with Crippen molar-refractivity contribution < 1.29 is 22.8 Å². The van der Waals surface area contributed by atoms with Crippen LogP contribution in [0.4, 0.5) is 24.5 Å². The van der Waals surface area contributed by atoms with Crippen molar-refractivity contribution in [2.75, 3.05) is 10.7 Å². The van der Waals surface area contributed by atoms with Gasteiger partial charge >= 0.3 is 6.18 Å². The van der Waals surface area contributed by atoms with Gasteiger partial charge in [-0.05, 0) is 30.3 Å². The number of nitrogens with zero attached hydrogens (tertiary/aromatic N) is 1. The van der Waals surface area contributed by atoms with E-state index in [0.717, 1.165) is 29.6 Å². The van der Waals surface area contributed by atoms with E-state index in [1.54, 1.807) is 12.1 Å². The molecule has 0 spiro atoms. The first-order chi connectivity index (χ1) is 13.3. The van der Waals surface area contributed by atoms with E-state index in [2.05, 4.69) is 21.2 Å². The number of nitrogens with one attached hydrogen (secondary N) is 3. The first kappa shape index (κ1) is 19.7. The van der Waals surface area contributed by atoms with Crippen LogP contribution in [0.1, 0.15) is 12.0 Å². The standard InChI is InChI=1S/C18H15F3N4O2S/c19-18(20,21)11-5-4-8-13(9-11)22-15(26)10-14-16(27)23-17(28-14)25-24-12-6-2-1-3-7-12/h1-9,14,24H,10H2,(H,22,26)(H,23,25,27)/t14-/m1/s1. The fourth-order valence-corrected chi connectivity index (χ4v) is 3.30. The average Bonchev–Trinajstić information content (AvgIpc) is 3.00. The summed E-state index contributed by atoms with van der Waals surface area (Å²) in [5.41, 5.74) is 2.67. The van der Waals surface area contributed by atoms with Gasteiger partial charge < -0.3 is 10.6 Å². The van der Waals surface area contributed by atoms with E-state index in [1.807, 2.05) is 18.2 Å². The van der Waals surface area contributed by atoms with Gasteiger partial charge in [0.1, 0.15) is 5.25 Å². The first-order valence-electron chi connectivity index (χ1n) is 8.14. The molecule has 2 aromatic carbocycles. The molecule has 2 amide bonds. The Bertz CT molecular complexity index is 903. The monoisotopic (exact) mass is 408 g/mol. The summed E-state index contributed by atoms with van der Waals surface area (Å²) < 4.78 is 38.2. The fourth-order valence-electron chi connectivity index (χ4n) is 2.37. The number of hydrazone groups is 1. The van der Waals surface area contributed by atoms with Crippen LogP contribution >= 0.6 is 11.8 Å². The van der Waals surface area contributed by atoms with Crippen LogP contribution in [-0.4, -0.2) is 22.2 Å². The number of carbonyl (C=O) groups excluding carboxylic acids is 2. The van der Waals surface area contributed by atoms with E-state index in [0.29, 0.717) is 5.17 Å². The number of anilines is 2. The summed E-state index contributed by atoms with van der Waals surface area (Å²) >= 11 is 1.07. The molecule has 3 N–H and O–H groups in total. The molecule has 0 radical (unpaired) electrons. The van der Waals surface area contributed by atoms with Crippen molar-refractivity contribution in [2.45, 2.75) is 17.8 Å². The molecular formula is C18H15F3N4O2S. The van der Waals surface area contributed by atoms with Gasteiger partial charge in [0.2, 0.25) is 11.8 Å². The van der Waals surface area contributed by atoms with E-state index in [9.17, 15) is 22.8 Å². The third-order valence-corrected chi connectivity index (χ3v) is 4.76. The first-order valence-corrected chi connectivity index (χ1v) is 9.02. The molecule has 1 aliphatic heterocycles. The Labute approximate surface area is 162 Å². The lowest BCUT2D eigenvalue weighted by atomic mass is 10.2. The summed E-state index contributed by atoms with van der Waals surface area (Å²) in [6, 6.07) is 13.4. The summed E-state index contributed by atoms with van der Waals surface area (Å²) in [6.07, 6.45) is -4.70. The van der Waals surface area contributed by atoms with Gasteiger partial charge in [0.25, 0.3) is 0 Å². The molecule has 2 aromatic rings. The van der Waals surface area contributed by atoms with Crippen LogP contribution in [0.15, 0.2) is 59.7 Å². The molecule has 0 bridgehead atoms. The highest BCUT2D eigenvalue weighted by molar-refractivity contribution is 8.15. The van der Waals surface area contributed by atoms with Crippen LogP contribution in [0.2, 0.25) is 0 Å². The van der Waals surface area contributed by atoms with Crippen LogP contribution in [0, 0.1) is 0 Å². The van der Waals surface area contributed by atoms with Crippen LogP contribution in [-0.2, 0) is 15.8 Å². The Kier molecular flexibility index (Phi) is 5.88. The molecule has 0 aliphatic carbocycles. The van der Waals surface area contributed by atoms with E-state index in [-0.39, 0.29) is 12.1 Å². The highest BCUT2D eigenvalue weighted by Gasteiger charge is 2.33. The van der Waals surface area contributed by atoms with E-state index >= 15 is 0 Å². The molecule has 6 nitrogen and oxygen atoms in total. The summed E-state index contributed by atoms with van der Waals surface area (Å²) in [6.45, 7) is 0. The SMILES string of the molecule is O=C(C[C@H]1S/C(=N/Nc2ccccc2)NC1=O)Nc1cccc(C(F)(F)F)c1. The van der Waals surface area contributed by atoms with Gasteiger partial charge in [0, 0.05) is 12.1 Å². The minimum atomic E-state index is -4.50. The maximum absolute atomic E-state index is 12.7. The largest absolute Gasteiger partial charge is 0.416 e. The van der Waals surface area contributed by atoms with E-state index < -0.39 is 28.8 Å².